The number of fused-ring (bicyclic) bond motifs is 6. The topological polar surface area (TPSA) is 53.7 Å². The number of nitrogens with zero attached hydrogens (tertiary/aromatic N) is 5. The molecule has 0 bridgehead atoms. The average molecular weight is 406 g/mol. The Balaban J connectivity index is 1.60. The molecular weight excluding hydrogens is 382 g/mol. The molecule has 0 spiro atoms. The fourth-order valence-electron chi connectivity index (χ4n) is 5.19. The smallest absolute Gasteiger partial charge is 0.227 e. The van der Waals surface area contributed by atoms with E-state index in [0.29, 0.717) is 17.2 Å². The number of aryl methyl sites for hydroxylation is 1. The van der Waals surface area contributed by atoms with Crippen LogP contribution in [0.5, 0.6) is 0 Å². The van der Waals surface area contributed by atoms with Crippen molar-refractivity contribution in [1.82, 2.24) is 19.3 Å². The number of hydrogen-bond donors (Lipinski definition) is 0. The minimum Gasteiger partial charge on any atom is -0.340 e. The first-order chi connectivity index (χ1) is 14.1. The van der Waals surface area contributed by atoms with Crippen LogP contribution in [0.25, 0.3) is 26.1 Å². The predicted octanol–water partition coefficient (Wildman–Crippen LogP) is 3.02. The molecule has 6 rings (SSSR count). The highest BCUT2D eigenvalue weighted by Gasteiger charge is 2.39. The summed E-state index contributed by atoms with van der Waals surface area (Å²) in [5, 5.41) is 0.663. The van der Waals surface area contributed by atoms with Crippen molar-refractivity contribution in [1.29, 1.82) is 0 Å². The maximum Gasteiger partial charge on any atom is 0.227 e. The Kier molecular flexibility index (Phi) is 3.74. The number of likely N-dealkylation sites (tertiary alicyclic amines) is 1. The molecule has 2 aliphatic heterocycles. The highest BCUT2D eigenvalue weighted by Crippen LogP contribution is 2.34. The van der Waals surface area contributed by atoms with Crippen molar-refractivity contribution in [3.63, 3.8) is 0 Å². The van der Waals surface area contributed by atoms with E-state index in [-0.39, 0.29) is 5.43 Å². The zero-order valence-electron chi connectivity index (χ0n) is 16.6. The van der Waals surface area contributed by atoms with E-state index in [9.17, 15) is 4.79 Å². The summed E-state index contributed by atoms with van der Waals surface area (Å²) in [7, 11) is 2.20. The summed E-state index contributed by atoms with van der Waals surface area (Å²) < 4.78 is 3.31. The van der Waals surface area contributed by atoms with E-state index in [1.165, 1.54) is 0 Å². The van der Waals surface area contributed by atoms with E-state index in [1.807, 2.05) is 12.1 Å². The Morgan fingerprint density at radius 1 is 1.10 bits per heavy atom. The Bertz CT molecular complexity index is 1310. The predicted molar refractivity (Wildman–Crippen MR) is 118 cm³/mol. The first-order valence-corrected chi connectivity index (χ1v) is 11.1. The summed E-state index contributed by atoms with van der Waals surface area (Å²) in [6.45, 7) is 6.36. The second kappa shape index (κ2) is 6.24. The van der Waals surface area contributed by atoms with Crippen molar-refractivity contribution in [2.24, 2.45) is 11.8 Å². The number of anilines is 1. The van der Waals surface area contributed by atoms with Crippen molar-refractivity contribution in [2.75, 3.05) is 38.1 Å². The summed E-state index contributed by atoms with van der Waals surface area (Å²) in [6.07, 6.45) is 0.721. The number of thiazole rings is 1. The maximum absolute atomic E-state index is 13.0. The van der Waals surface area contributed by atoms with Gasteiger partial charge in [0.1, 0.15) is 4.83 Å². The number of para-hydroxylation sites is 1. The largest absolute Gasteiger partial charge is 0.340 e. The molecule has 6 nitrogen and oxygen atoms in total. The molecule has 5 heterocycles. The van der Waals surface area contributed by atoms with Crippen molar-refractivity contribution >= 4 is 43.4 Å². The molecule has 2 atom stereocenters. The van der Waals surface area contributed by atoms with Gasteiger partial charge in [-0.15, -0.1) is 11.3 Å². The molecule has 0 aliphatic carbocycles. The Morgan fingerprint density at radius 3 is 2.62 bits per heavy atom. The van der Waals surface area contributed by atoms with Gasteiger partial charge in [-0.1, -0.05) is 19.1 Å². The highest BCUT2D eigenvalue weighted by molar-refractivity contribution is 7.24. The van der Waals surface area contributed by atoms with Gasteiger partial charge in [0.2, 0.25) is 5.95 Å². The Morgan fingerprint density at radius 2 is 1.86 bits per heavy atom. The number of pyridine rings is 1. The third-order valence-electron chi connectivity index (χ3n) is 6.49. The lowest BCUT2D eigenvalue weighted by Crippen LogP contribution is -2.28. The molecule has 3 aromatic heterocycles. The van der Waals surface area contributed by atoms with E-state index >= 15 is 0 Å². The molecule has 0 radical (unpaired) electrons. The van der Waals surface area contributed by atoms with Crippen molar-refractivity contribution in [3.8, 4) is 0 Å². The van der Waals surface area contributed by atoms with E-state index in [0.717, 1.165) is 64.9 Å². The van der Waals surface area contributed by atoms with Crippen LogP contribution in [-0.4, -0.2) is 52.5 Å². The van der Waals surface area contributed by atoms with Crippen molar-refractivity contribution in [3.05, 3.63) is 46.2 Å². The molecular formula is C22H23N5OS. The van der Waals surface area contributed by atoms with Gasteiger partial charge < -0.3 is 9.80 Å². The molecule has 2 fully saturated rings. The third kappa shape index (κ3) is 2.53. The van der Waals surface area contributed by atoms with E-state index in [2.05, 4.69) is 40.3 Å². The summed E-state index contributed by atoms with van der Waals surface area (Å²) >= 11 is 1.64. The molecule has 2 saturated heterocycles. The quantitative estimate of drug-likeness (QED) is 0.513. The highest BCUT2D eigenvalue weighted by atomic mass is 32.1. The van der Waals surface area contributed by atoms with Crippen LogP contribution in [0.4, 0.5) is 5.95 Å². The van der Waals surface area contributed by atoms with Crippen LogP contribution < -0.4 is 10.3 Å². The van der Waals surface area contributed by atoms with Crippen LogP contribution in [0, 0.1) is 11.8 Å². The van der Waals surface area contributed by atoms with E-state index in [1.54, 1.807) is 17.4 Å². The van der Waals surface area contributed by atoms with E-state index < -0.39 is 0 Å². The molecule has 2 unspecified atom stereocenters. The molecule has 148 valence electrons. The second-order valence-corrected chi connectivity index (χ2v) is 9.48. The summed E-state index contributed by atoms with van der Waals surface area (Å²) in [6, 6.07) is 10.0. The van der Waals surface area contributed by atoms with Crippen LogP contribution in [-0.2, 0) is 6.42 Å². The maximum atomic E-state index is 13.0. The number of aromatic nitrogens is 3. The van der Waals surface area contributed by atoms with Crippen LogP contribution in [0.15, 0.2) is 35.1 Å². The SMILES string of the molecule is CCc1nc(N2CC3CN(C)CC3C2)nc2c1c(=O)cc1sc3ccccc3n12. The summed E-state index contributed by atoms with van der Waals surface area (Å²) in [5.41, 5.74) is 2.73. The standard InChI is InChI=1S/C22H23N5OS/c1-3-15-20-17(28)8-19-27(16-6-4-5-7-18(16)29-19)21(20)24-22(23-15)26-11-13-9-25(2)10-14(13)12-26/h4-8,13-14H,3,9-12H2,1-2H3. The van der Waals surface area contributed by atoms with Crippen molar-refractivity contribution < 1.29 is 0 Å². The van der Waals surface area contributed by atoms with Crippen molar-refractivity contribution in [2.45, 2.75) is 13.3 Å². The van der Waals surface area contributed by atoms with Gasteiger partial charge >= 0.3 is 0 Å². The van der Waals surface area contributed by atoms with Gasteiger partial charge in [0.15, 0.2) is 11.1 Å². The lowest BCUT2D eigenvalue weighted by Gasteiger charge is -2.20. The minimum absolute atomic E-state index is 0.0230. The molecule has 0 N–H and O–H groups in total. The van der Waals surface area contributed by atoms with Crippen LogP contribution in [0.2, 0.25) is 0 Å². The molecule has 7 heteroatoms. The minimum atomic E-state index is 0.0230. The van der Waals surface area contributed by atoms with E-state index in [4.69, 9.17) is 9.97 Å². The summed E-state index contributed by atoms with van der Waals surface area (Å²) in [4.78, 5) is 28.5. The number of benzene rings is 1. The normalized spacial score (nSPS) is 22.3. The first kappa shape index (κ1) is 17.4. The average Bonchev–Trinajstić information content (AvgIpc) is 3.37. The Labute approximate surface area is 172 Å². The van der Waals surface area contributed by atoms with Gasteiger partial charge in [-0.3, -0.25) is 9.20 Å². The van der Waals surface area contributed by atoms with Crippen LogP contribution in [0.1, 0.15) is 12.6 Å². The molecule has 1 aromatic carbocycles. The Hall–Kier alpha value is -2.51. The molecule has 0 amide bonds. The number of rotatable bonds is 2. The van der Waals surface area contributed by atoms with Gasteiger partial charge in [0.25, 0.3) is 0 Å². The zero-order valence-corrected chi connectivity index (χ0v) is 17.4. The zero-order chi connectivity index (χ0) is 19.7. The third-order valence-corrected chi connectivity index (χ3v) is 7.57. The molecule has 2 aliphatic rings. The lowest BCUT2D eigenvalue weighted by atomic mass is 10.0. The first-order valence-electron chi connectivity index (χ1n) is 10.3. The molecule has 4 aromatic rings. The fourth-order valence-corrected chi connectivity index (χ4v) is 6.26. The fraction of sp³-hybridized carbons (Fsp3) is 0.409. The molecule has 0 saturated carbocycles. The lowest BCUT2D eigenvalue weighted by molar-refractivity contribution is 0.386. The molecule has 29 heavy (non-hydrogen) atoms. The number of hydrogen-bond acceptors (Lipinski definition) is 6. The van der Waals surface area contributed by atoms with Gasteiger partial charge in [0.05, 0.1) is 21.3 Å². The van der Waals surface area contributed by atoms with Gasteiger partial charge in [-0.05, 0) is 37.4 Å². The van der Waals surface area contributed by atoms with Gasteiger partial charge in [0, 0.05) is 32.2 Å². The van der Waals surface area contributed by atoms with Gasteiger partial charge in [-0.25, -0.2) is 4.98 Å². The second-order valence-electron chi connectivity index (χ2n) is 8.42. The van der Waals surface area contributed by atoms with Crippen LogP contribution in [0.3, 0.4) is 0 Å². The monoisotopic (exact) mass is 405 g/mol. The summed E-state index contributed by atoms with van der Waals surface area (Å²) in [5.74, 6) is 2.15. The van der Waals surface area contributed by atoms with Crippen LogP contribution >= 0.6 is 11.3 Å². The van der Waals surface area contributed by atoms with Gasteiger partial charge in [-0.2, -0.15) is 4.98 Å².